The number of carbonyl (C=O) groups excluding carboxylic acids is 1. The molecule has 4 rings (SSSR count). The van der Waals surface area contributed by atoms with Crippen LogP contribution in [0.2, 0.25) is 5.02 Å². The van der Waals surface area contributed by atoms with Gasteiger partial charge in [0.15, 0.2) is 0 Å². The minimum atomic E-state index is -3.98. The molecule has 7 heteroatoms. The number of anilines is 2. The normalized spacial score (nSPS) is 13.2. The largest absolute Gasteiger partial charge is 0.310 e. The van der Waals surface area contributed by atoms with Crippen LogP contribution >= 0.6 is 11.6 Å². The Balaban J connectivity index is 1.73. The summed E-state index contributed by atoms with van der Waals surface area (Å²) >= 11 is 5.95. The van der Waals surface area contributed by atoms with Crippen molar-refractivity contribution >= 4 is 38.9 Å². The molecule has 0 bridgehead atoms. The van der Waals surface area contributed by atoms with Gasteiger partial charge in [0.25, 0.3) is 10.0 Å². The highest BCUT2D eigenvalue weighted by Crippen LogP contribution is 2.30. The Bertz CT molecular complexity index is 1240. The lowest BCUT2D eigenvalue weighted by atomic mass is 10.1. The van der Waals surface area contributed by atoms with E-state index in [1.807, 2.05) is 44.2 Å². The highest BCUT2D eigenvalue weighted by molar-refractivity contribution is 7.92. The van der Waals surface area contributed by atoms with Crippen molar-refractivity contribution in [3.8, 4) is 0 Å². The van der Waals surface area contributed by atoms with Gasteiger partial charge in [0, 0.05) is 17.3 Å². The topological polar surface area (TPSA) is 57.7 Å². The Morgan fingerprint density at radius 1 is 1.00 bits per heavy atom. The zero-order chi connectivity index (χ0) is 22.2. The minimum Gasteiger partial charge on any atom is -0.310 e. The van der Waals surface area contributed by atoms with Crippen molar-refractivity contribution in [3.05, 3.63) is 88.4 Å². The third-order valence-electron chi connectivity index (χ3n) is 5.65. The number of hydrogen-bond acceptors (Lipinski definition) is 3. The number of fused-ring (bicyclic) bond motifs is 1. The molecule has 0 aromatic heterocycles. The van der Waals surface area contributed by atoms with E-state index in [0.29, 0.717) is 17.3 Å². The van der Waals surface area contributed by atoms with E-state index in [9.17, 15) is 13.2 Å². The molecule has 160 valence electrons. The number of nitrogens with zero attached hydrogens (tertiary/aromatic N) is 2. The number of aryl methyl sites for hydroxylation is 2. The second-order valence-electron chi connectivity index (χ2n) is 7.66. The number of sulfonamides is 1. The molecule has 3 aromatic carbocycles. The van der Waals surface area contributed by atoms with Gasteiger partial charge in [-0.1, -0.05) is 35.9 Å². The Labute approximate surface area is 187 Å². The molecule has 1 aliphatic rings. The molecule has 0 N–H and O–H groups in total. The first kappa shape index (κ1) is 21.4. The van der Waals surface area contributed by atoms with Crippen molar-refractivity contribution in [3.63, 3.8) is 0 Å². The Kier molecular flexibility index (Phi) is 5.77. The summed E-state index contributed by atoms with van der Waals surface area (Å²) < 4.78 is 28.3. The molecule has 31 heavy (non-hydrogen) atoms. The van der Waals surface area contributed by atoms with Crippen LogP contribution < -0.4 is 9.21 Å². The molecule has 0 aliphatic carbocycles. The second-order valence-corrected chi connectivity index (χ2v) is 9.96. The predicted octanol–water partition coefficient (Wildman–Crippen LogP) is 4.74. The van der Waals surface area contributed by atoms with Gasteiger partial charge in [-0.2, -0.15) is 0 Å². The SMILES string of the molecule is Cc1ccc(N(CC(=O)N2CCc3ccccc32)S(=O)(=O)c2ccc(Cl)cc2)cc1C. The van der Waals surface area contributed by atoms with E-state index in [0.717, 1.165) is 28.8 Å². The van der Waals surface area contributed by atoms with Crippen LogP contribution in [0.3, 0.4) is 0 Å². The van der Waals surface area contributed by atoms with Crippen LogP contribution in [0.4, 0.5) is 11.4 Å². The fourth-order valence-electron chi connectivity index (χ4n) is 3.74. The summed E-state index contributed by atoms with van der Waals surface area (Å²) in [4.78, 5) is 15.0. The molecule has 1 amide bonds. The highest BCUT2D eigenvalue weighted by atomic mass is 35.5. The molecule has 0 spiro atoms. The third-order valence-corrected chi connectivity index (χ3v) is 7.69. The summed E-state index contributed by atoms with van der Waals surface area (Å²) in [5.74, 6) is -0.263. The smallest absolute Gasteiger partial charge is 0.264 e. The zero-order valence-electron chi connectivity index (χ0n) is 17.4. The Hall–Kier alpha value is -2.83. The second kappa shape index (κ2) is 8.36. The lowest BCUT2D eigenvalue weighted by molar-refractivity contribution is -0.117. The Morgan fingerprint density at radius 2 is 1.71 bits per heavy atom. The van der Waals surface area contributed by atoms with E-state index < -0.39 is 10.0 Å². The monoisotopic (exact) mass is 454 g/mol. The lowest BCUT2D eigenvalue weighted by Crippen LogP contribution is -2.42. The standard InChI is InChI=1S/C24H23ClN2O3S/c1-17-7-10-21(15-18(17)2)27(31(29,30)22-11-8-20(25)9-12-22)16-24(28)26-14-13-19-5-3-4-6-23(19)26/h3-12,15H,13-14,16H2,1-2H3. The molecule has 1 heterocycles. The van der Waals surface area contributed by atoms with Gasteiger partial charge in [0.1, 0.15) is 6.54 Å². The number of para-hydroxylation sites is 1. The van der Waals surface area contributed by atoms with Crippen LogP contribution in [0.25, 0.3) is 0 Å². The summed E-state index contributed by atoms with van der Waals surface area (Å²) in [6.07, 6.45) is 0.759. The van der Waals surface area contributed by atoms with Gasteiger partial charge < -0.3 is 4.90 Å². The van der Waals surface area contributed by atoms with Crippen LogP contribution in [0, 0.1) is 13.8 Å². The van der Waals surface area contributed by atoms with Crippen molar-refractivity contribution in [2.24, 2.45) is 0 Å². The number of rotatable bonds is 5. The first-order chi connectivity index (χ1) is 14.8. The van der Waals surface area contributed by atoms with Gasteiger partial charge in [-0.15, -0.1) is 0 Å². The van der Waals surface area contributed by atoms with Crippen LogP contribution in [0.15, 0.2) is 71.6 Å². The number of hydrogen-bond donors (Lipinski definition) is 0. The molecule has 0 fully saturated rings. The van der Waals surface area contributed by atoms with E-state index in [2.05, 4.69) is 0 Å². The molecular weight excluding hydrogens is 432 g/mol. The van der Waals surface area contributed by atoms with E-state index in [4.69, 9.17) is 11.6 Å². The number of halogens is 1. The van der Waals surface area contributed by atoms with Gasteiger partial charge in [-0.25, -0.2) is 8.42 Å². The van der Waals surface area contributed by atoms with Crippen molar-refractivity contribution < 1.29 is 13.2 Å². The fourth-order valence-corrected chi connectivity index (χ4v) is 5.27. The highest BCUT2D eigenvalue weighted by Gasteiger charge is 2.31. The molecule has 5 nitrogen and oxygen atoms in total. The molecule has 0 unspecified atom stereocenters. The van der Waals surface area contributed by atoms with E-state index in [-0.39, 0.29) is 17.3 Å². The maximum Gasteiger partial charge on any atom is 0.264 e. The van der Waals surface area contributed by atoms with Crippen LogP contribution in [0.1, 0.15) is 16.7 Å². The van der Waals surface area contributed by atoms with Crippen LogP contribution in [-0.4, -0.2) is 27.4 Å². The molecular formula is C24H23ClN2O3S. The molecule has 0 saturated carbocycles. The summed E-state index contributed by atoms with van der Waals surface area (Å²) in [5, 5.41) is 0.446. The Morgan fingerprint density at radius 3 is 2.42 bits per heavy atom. The molecule has 0 atom stereocenters. The van der Waals surface area contributed by atoms with Gasteiger partial charge in [-0.3, -0.25) is 9.10 Å². The number of benzene rings is 3. The van der Waals surface area contributed by atoms with Gasteiger partial charge in [0.2, 0.25) is 5.91 Å². The summed E-state index contributed by atoms with van der Waals surface area (Å²) in [7, 11) is -3.98. The maximum atomic E-state index is 13.5. The maximum absolute atomic E-state index is 13.5. The quantitative estimate of drug-likeness (QED) is 0.559. The predicted molar refractivity (Wildman–Crippen MR) is 124 cm³/mol. The lowest BCUT2D eigenvalue weighted by Gasteiger charge is -2.27. The van der Waals surface area contributed by atoms with E-state index >= 15 is 0 Å². The van der Waals surface area contributed by atoms with Gasteiger partial charge in [-0.05, 0) is 79.4 Å². The van der Waals surface area contributed by atoms with Gasteiger partial charge >= 0.3 is 0 Å². The average molecular weight is 455 g/mol. The molecule has 0 saturated heterocycles. The third kappa shape index (κ3) is 4.18. The minimum absolute atomic E-state index is 0.0877. The van der Waals surface area contributed by atoms with Crippen molar-refractivity contribution in [2.75, 3.05) is 22.3 Å². The van der Waals surface area contributed by atoms with Crippen molar-refractivity contribution in [2.45, 2.75) is 25.2 Å². The summed E-state index contributed by atoms with van der Waals surface area (Å²) in [5.41, 5.74) is 4.39. The van der Waals surface area contributed by atoms with Crippen LogP contribution in [-0.2, 0) is 21.2 Å². The first-order valence-corrected chi connectivity index (χ1v) is 11.8. The van der Waals surface area contributed by atoms with E-state index in [1.165, 1.54) is 28.6 Å². The van der Waals surface area contributed by atoms with E-state index in [1.54, 1.807) is 17.0 Å². The summed E-state index contributed by atoms with van der Waals surface area (Å²) in [6, 6.07) is 19.1. The van der Waals surface area contributed by atoms with Gasteiger partial charge in [0.05, 0.1) is 10.6 Å². The number of carbonyl (C=O) groups is 1. The zero-order valence-corrected chi connectivity index (χ0v) is 18.9. The average Bonchev–Trinajstić information content (AvgIpc) is 3.18. The molecule has 3 aromatic rings. The van der Waals surface area contributed by atoms with Crippen molar-refractivity contribution in [1.82, 2.24) is 0 Å². The molecule has 1 aliphatic heterocycles. The number of amides is 1. The molecule has 0 radical (unpaired) electrons. The van der Waals surface area contributed by atoms with Crippen LogP contribution in [0.5, 0.6) is 0 Å². The summed E-state index contributed by atoms with van der Waals surface area (Å²) in [6.45, 7) is 4.13. The van der Waals surface area contributed by atoms with Crippen molar-refractivity contribution in [1.29, 1.82) is 0 Å². The first-order valence-electron chi connectivity index (χ1n) is 10.0. The fraction of sp³-hybridized carbons (Fsp3) is 0.208.